The second-order valence-corrected chi connectivity index (χ2v) is 19.3. The Balaban J connectivity index is 1.50. The number of hydrogen-bond acceptors (Lipinski definition) is 9. The molecule has 0 unspecified atom stereocenters. The van der Waals surface area contributed by atoms with Crippen LogP contribution in [0.2, 0.25) is 5.02 Å². The Bertz CT molecular complexity index is 3110. The predicted molar refractivity (Wildman–Crippen MR) is 218 cm³/mol. The third kappa shape index (κ3) is 7.61. The minimum absolute atomic E-state index is 0.0260. The zero-order chi connectivity index (χ0) is 42.1. The molecule has 0 saturated carbocycles. The number of sulfonamides is 1. The fraction of sp³-hybridized carbons (Fsp3) is 0.231. The van der Waals surface area contributed by atoms with E-state index in [1.165, 1.54) is 72.6 Å². The monoisotopic (exact) mass is 851 g/mol. The lowest BCUT2D eigenvalue weighted by Gasteiger charge is -2.25. The summed E-state index contributed by atoms with van der Waals surface area (Å²) in [5.41, 5.74) is 1.20. The summed E-state index contributed by atoms with van der Waals surface area (Å²) < 4.78 is 83.2. The summed E-state index contributed by atoms with van der Waals surface area (Å²) in [6.07, 6.45) is 3.08. The molecule has 0 saturated heterocycles. The van der Waals surface area contributed by atoms with E-state index >= 15 is 0 Å². The van der Waals surface area contributed by atoms with Crippen molar-refractivity contribution in [2.45, 2.75) is 37.5 Å². The number of benzene rings is 4. The number of nitrogens with one attached hydrogen (secondary N) is 3. The number of hydrogen-bond donors (Lipinski definition) is 4. The van der Waals surface area contributed by atoms with E-state index in [-0.39, 0.29) is 68.3 Å². The number of phenols is 1. The molecule has 302 valence electrons. The van der Waals surface area contributed by atoms with E-state index in [2.05, 4.69) is 20.1 Å². The van der Waals surface area contributed by atoms with Gasteiger partial charge in [0, 0.05) is 42.9 Å². The molecule has 7 rings (SSSR count). The number of rotatable bonds is 11. The predicted octanol–water partition coefficient (Wildman–Crippen LogP) is 5.68. The van der Waals surface area contributed by atoms with E-state index in [0.717, 1.165) is 24.6 Å². The van der Waals surface area contributed by atoms with Gasteiger partial charge in [0.2, 0.25) is 15.9 Å². The standard InChI is InChI=1S/C39H36ClF2N7O7S2/c1-39(2,57(4,53)54)22-6-8-26-30(16-22)45-37(49(38(26)52)32-11-9-28(40)34-35(32)48(3)46-36(34)47-58(5,55)56)31(14-20-12-23(41)17-24(42)13-20)44-33(51)15-21-19-43-29-10-7-25(50)18-27(21)29/h6-13,16-19,31,43,50H,14-15H2,1-5H3,(H,44,51)(H,46,47)/t31-/m0/s1. The molecule has 3 heterocycles. The first-order valence-corrected chi connectivity index (χ1v) is 21.7. The molecule has 4 aromatic carbocycles. The molecule has 0 bridgehead atoms. The molecule has 58 heavy (non-hydrogen) atoms. The summed E-state index contributed by atoms with van der Waals surface area (Å²) in [4.78, 5) is 37.0. The topological polar surface area (TPSA) is 198 Å². The number of aryl methyl sites for hydroxylation is 1. The zero-order valence-corrected chi connectivity index (χ0v) is 33.9. The van der Waals surface area contributed by atoms with E-state index in [1.54, 1.807) is 12.3 Å². The highest BCUT2D eigenvalue weighted by Crippen LogP contribution is 2.36. The van der Waals surface area contributed by atoms with Gasteiger partial charge in [-0.25, -0.2) is 30.6 Å². The van der Waals surface area contributed by atoms with Crippen LogP contribution in [0, 0.1) is 11.6 Å². The molecule has 3 aromatic heterocycles. The molecule has 0 aliphatic carbocycles. The Morgan fingerprint density at radius 1 is 0.983 bits per heavy atom. The average Bonchev–Trinajstić information content (AvgIpc) is 3.65. The highest BCUT2D eigenvalue weighted by Gasteiger charge is 2.34. The van der Waals surface area contributed by atoms with Gasteiger partial charge in [-0.3, -0.25) is 23.6 Å². The van der Waals surface area contributed by atoms with Crippen LogP contribution in [0.3, 0.4) is 0 Å². The second kappa shape index (κ2) is 14.5. The van der Waals surface area contributed by atoms with E-state index in [4.69, 9.17) is 16.6 Å². The van der Waals surface area contributed by atoms with Crippen molar-refractivity contribution < 1.29 is 35.5 Å². The first kappa shape index (κ1) is 40.4. The van der Waals surface area contributed by atoms with Gasteiger partial charge in [-0.15, -0.1) is 0 Å². The molecule has 4 N–H and O–H groups in total. The van der Waals surface area contributed by atoms with Crippen LogP contribution in [0.5, 0.6) is 5.75 Å². The lowest BCUT2D eigenvalue weighted by atomic mass is 10.00. The van der Waals surface area contributed by atoms with Gasteiger partial charge in [0.05, 0.1) is 56.0 Å². The van der Waals surface area contributed by atoms with Gasteiger partial charge in [0.15, 0.2) is 15.7 Å². The van der Waals surface area contributed by atoms with Crippen LogP contribution >= 0.6 is 11.6 Å². The number of aromatic nitrogens is 5. The third-order valence-corrected chi connectivity index (χ3v) is 13.0. The lowest BCUT2D eigenvalue weighted by Crippen LogP contribution is -2.36. The van der Waals surface area contributed by atoms with Gasteiger partial charge in [0.25, 0.3) is 5.56 Å². The summed E-state index contributed by atoms with van der Waals surface area (Å²) in [5.74, 6) is -2.68. The van der Waals surface area contributed by atoms with Gasteiger partial charge < -0.3 is 15.4 Å². The number of amides is 1. The number of aromatic amines is 1. The molecule has 7 aromatic rings. The first-order valence-electron chi connectivity index (χ1n) is 17.5. The molecule has 0 aliphatic heterocycles. The van der Waals surface area contributed by atoms with Crippen LogP contribution in [0.25, 0.3) is 38.4 Å². The number of phenolic OH excluding ortho intramolecular Hbond substituents is 1. The summed E-state index contributed by atoms with van der Waals surface area (Å²) in [6, 6.07) is 13.5. The van der Waals surface area contributed by atoms with Gasteiger partial charge >= 0.3 is 0 Å². The average molecular weight is 852 g/mol. The van der Waals surface area contributed by atoms with Crippen LogP contribution < -0.4 is 15.6 Å². The van der Waals surface area contributed by atoms with E-state index in [1.807, 2.05) is 0 Å². The maximum atomic E-state index is 14.9. The van der Waals surface area contributed by atoms with Crippen molar-refractivity contribution >= 4 is 75.9 Å². The number of fused-ring (bicyclic) bond motifs is 3. The van der Waals surface area contributed by atoms with Gasteiger partial charge in [0.1, 0.15) is 23.2 Å². The number of anilines is 1. The number of sulfone groups is 1. The van der Waals surface area contributed by atoms with Crippen molar-refractivity contribution in [3.05, 3.63) is 122 Å². The Morgan fingerprint density at radius 3 is 2.36 bits per heavy atom. The van der Waals surface area contributed by atoms with Gasteiger partial charge in [-0.05, 0) is 85.1 Å². The van der Waals surface area contributed by atoms with Gasteiger partial charge in [-0.2, -0.15) is 5.10 Å². The molecule has 0 aliphatic rings. The number of carbonyl (C=O) groups is 1. The smallest absolute Gasteiger partial charge is 0.266 e. The molecule has 0 fully saturated rings. The summed E-state index contributed by atoms with van der Waals surface area (Å²) in [7, 11) is -6.05. The fourth-order valence-corrected chi connectivity index (χ4v) is 8.24. The zero-order valence-electron chi connectivity index (χ0n) is 31.6. The highest BCUT2D eigenvalue weighted by molar-refractivity contribution is 7.92. The number of H-pyrrole nitrogens is 1. The number of aromatic hydroxyl groups is 1. The van der Waals surface area contributed by atoms with E-state index in [0.29, 0.717) is 28.1 Å². The largest absolute Gasteiger partial charge is 0.508 e. The number of carbonyl (C=O) groups excluding carboxylic acids is 1. The molecule has 0 spiro atoms. The van der Waals surface area contributed by atoms with Crippen molar-refractivity contribution in [1.29, 1.82) is 0 Å². The summed E-state index contributed by atoms with van der Waals surface area (Å²) in [5, 5.41) is 18.2. The second-order valence-electron chi connectivity index (χ2n) is 14.6. The summed E-state index contributed by atoms with van der Waals surface area (Å²) in [6.45, 7) is 3.01. The Labute approximate surface area is 335 Å². The third-order valence-electron chi connectivity index (χ3n) is 10.1. The molecule has 19 heteroatoms. The SMILES string of the molecule is Cn1nc(NS(C)(=O)=O)c2c(Cl)ccc(-n3c([C@H](Cc4cc(F)cc(F)c4)NC(=O)Cc4c[nH]c5ccc(O)cc45)nc4cc(C(C)(C)S(C)(=O)=O)ccc4c3=O)c21. The van der Waals surface area contributed by atoms with Crippen molar-refractivity contribution in [2.24, 2.45) is 7.05 Å². The van der Waals surface area contributed by atoms with Crippen molar-refractivity contribution in [2.75, 3.05) is 17.2 Å². The van der Waals surface area contributed by atoms with E-state index in [9.17, 15) is 40.3 Å². The molecule has 1 amide bonds. The Hall–Kier alpha value is -5.85. The number of halogens is 3. The Morgan fingerprint density at radius 2 is 1.69 bits per heavy atom. The summed E-state index contributed by atoms with van der Waals surface area (Å²) >= 11 is 6.64. The fourth-order valence-electron chi connectivity index (χ4n) is 6.95. The minimum atomic E-state index is -3.86. The van der Waals surface area contributed by atoms with Crippen molar-refractivity contribution in [1.82, 2.24) is 29.6 Å². The molecule has 1 atom stereocenters. The van der Waals surface area contributed by atoms with Gasteiger partial charge in [-0.1, -0.05) is 17.7 Å². The maximum Gasteiger partial charge on any atom is 0.266 e. The van der Waals surface area contributed by atoms with E-state index < -0.39 is 53.8 Å². The van der Waals surface area contributed by atoms with Crippen LogP contribution in [-0.4, -0.2) is 64.7 Å². The number of nitrogens with zero attached hydrogens (tertiary/aromatic N) is 4. The Kier molecular flexibility index (Phi) is 10.1. The van der Waals surface area contributed by atoms with Crippen molar-refractivity contribution in [3.8, 4) is 11.4 Å². The first-order chi connectivity index (χ1) is 27.1. The van der Waals surface area contributed by atoms with Crippen LogP contribution in [0.1, 0.15) is 42.4 Å². The highest BCUT2D eigenvalue weighted by atomic mass is 35.5. The minimum Gasteiger partial charge on any atom is -0.508 e. The molecular formula is C39H36ClF2N7O7S2. The van der Waals surface area contributed by atoms with Crippen LogP contribution in [-0.2, 0) is 49.3 Å². The normalized spacial score (nSPS) is 13.0. The molecule has 14 nitrogen and oxygen atoms in total. The van der Waals surface area contributed by atoms with Crippen molar-refractivity contribution in [3.63, 3.8) is 0 Å². The maximum absolute atomic E-state index is 14.9. The van der Waals surface area contributed by atoms with Crippen LogP contribution in [0.4, 0.5) is 14.6 Å². The van der Waals surface area contributed by atoms with Crippen LogP contribution in [0.15, 0.2) is 77.7 Å². The molecule has 0 radical (unpaired) electrons. The lowest BCUT2D eigenvalue weighted by molar-refractivity contribution is -0.121. The molecular weight excluding hydrogens is 816 g/mol. The quantitative estimate of drug-likeness (QED) is 0.126.